The first-order valence-electron chi connectivity index (χ1n) is 15.9. The fraction of sp³-hybridized carbons (Fsp3) is 0.559. The fourth-order valence-corrected chi connectivity index (χ4v) is 6.91. The number of benzene rings is 2. The number of hydrogen-bond donors (Lipinski definition) is 3. The predicted octanol–water partition coefficient (Wildman–Crippen LogP) is 3.64. The molecular weight excluding hydrogens is 544 g/mol. The minimum Gasteiger partial charge on any atom is -0.497 e. The van der Waals surface area contributed by atoms with Crippen molar-refractivity contribution in [3.05, 3.63) is 65.2 Å². The Morgan fingerprint density at radius 2 is 1.70 bits per heavy atom. The van der Waals surface area contributed by atoms with Crippen LogP contribution in [0.5, 0.6) is 5.75 Å². The summed E-state index contributed by atoms with van der Waals surface area (Å²) in [6, 6.07) is 14.4. The van der Waals surface area contributed by atoms with Gasteiger partial charge in [-0.2, -0.15) is 0 Å². The van der Waals surface area contributed by atoms with Crippen LogP contribution in [0.2, 0.25) is 0 Å². The highest BCUT2D eigenvalue weighted by atomic mass is 16.5. The quantitative estimate of drug-likeness (QED) is 0.369. The number of amides is 3. The lowest BCUT2D eigenvalue weighted by atomic mass is 9.80. The van der Waals surface area contributed by atoms with Crippen LogP contribution in [0.4, 0.5) is 0 Å². The van der Waals surface area contributed by atoms with Gasteiger partial charge in [-0.3, -0.25) is 19.3 Å². The number of carbonyl (C=O) groups is 3. The van der Waals surface area contributed by atoms with Gasteiger partial charge in [0.2, 0.25) is 11.8 Å². The van der Waals surface area contributed by atoms with Crippen molar-refractivity contribution in [3.63, 3.8) is 0 Å². The van der Waals surface area contributed by atoms with E-state index in [4.69, 9.17) is 4.74 Å². The number of methoxy groups -OCH3 is 1. The number of unbranched alkanes of at least 4 members (excludes halogenated alkanes) is 1. The van der Waals surface area contributed by atoms with Gasteiger partial charge < -0.3 is 25.4 Å². The molecule has 5 rings (SSSR count). The first-order valence-corrected chi connectivity index (χ1v) is 15.9. The van der Waals surface area contributed by atoms with E-state index in [0.29, 0.717) is 51.1 Å². The van der Waals surface area contributed by atoms with E-state index in [1.54, 1.807) is 7.11 Å². The number of piperidine rings is 1. The van der Waals surface area contributed by atoms with Gasteiger partial charge in [-0.1, -0.05) is 50.5 Å². The molecule has 0 unspecified atom stereocenters. The Labute approximate surface area is 255 Å². The molecule has 0 aromatic heterocycles. The van der Waals surface area contributed by atoms with E-state index >= 15 is 0 Å². The summed E-state index contributed by atoms with van der Waals surface area (Å²) in [6.45, 7) is 5.14. The molecule has 3 N–H and O–H groups in total. The molecule has 2 atom stereocenters. The van der Waals surface area contributed by atoms with Crippen LogP contribution < -0.4 is 15.4 Å². The molecule has 0 bridgehead atoms. The normalized spacial score (nSPS) is 21.6. The number of aliphatic hydroxyl groups excluding tert-OH is 1. The Kier molecular flexibility index (Phi) is 10.0. The van der Waals surface area contributed by atoms with Gasteiger partial charge in [-0.25, -0.2) is 0 Å². The minimum atomic E-state index is -0.861. The number of carbonyl (C=O) groups excluding carboxylic acids is 3. The lowest BCUT2D eigenvalue weighted by Crippen LogP contribution is -2.75. The van der Waals surface area contributed by atoms with Gasteiger partial charge in [0.05, 0.1) is 13.2 Å². The molecule has 1 aliphatic carbocycles. The van der Waals surface area contributed by atoms with Crippen molar-refractivity contribution in [1.29, 1.82) is 0 Å². The Hall–Kier alpha value is -3.43. The van der Waals surface area contributed by atoms with Crippen LogP contribution in [0.1, 0.15) is 79.8 Å². The Bertz CT molecular complexity index is 1250. The van der Waals surface area contributed by atoms with Crippen molar-refractivity contribution in [1.82, 2.24) is 20.4 Å². The third kappa shape index (κ3) is 6.88. The highest BCUT2D eigenvalue weighted by Crippen LogP contribution is 2.36. The van der Waals surface area contributed by atoms with E-state index in [1.165, 1.54) is 0 Å². The standard InChI is InChI=1S/C34H46N4O5/c1-3-4-19-38-32(41)29(30(39)26-7-5-6-8-26)36-33(42)34(38)17-20-37(21-18-34)23-25-9-13-27(14-10-25)31(40)35-22-24-11-15-28(43-2)16-12-24/h9-16,26,29-30,39H,3-8,17-23H2,1-2H3,(H,35,40)(H,36,42)/t29-,30-/m1/s1. The van der Waals surface area contributed by atoms with Crippen LogP contribution in [-0.4, -0.2) is 77.1 Å². The maximum Gasteiger partial charge on any atom is 0.251 e. The topological polar surface area (TPSA) is 111 Å². The lowest BCUT2D eigenvalue weighted by molar-refractivity contribution is -0.165. The lowest BCUT2D eigenvalue weighted by Gasteiger charge is -2.52. The Morgan fingerprint density at radius 1 is 1.05 bits per heavy atom. The SMILES string of the molecule is CCCCN1C(=O)[C@@H]([C@H](O)C2CCCC2)NC(=O)C12CCN(Cc1ccc(C(=O)NCc3ccc(OC)cc3)cc1)CC2. The van der Waals surface area contributed by atoms with Crippen LogP contribution in [0.3, 0.4) is 0 Å². The molecule has 2 heterocycles. The van der Waals surface area contributed by atoms with Crippen LogP contribution in [0.15, 0.2) is 48.5 Å². The van der Waals surface area contributed by atoms with Crippen molar-refractivity contribution in [3.8, 4) is 5.75 Å². The van der Waals surface area contributed by atoms with Gasteiger partial charge in [0, 0.05) is 38.3 Å². The van der Waals surface area contributed by atoms with Crippen molar-refractivity contribution >= 4 is 17.7 Å². The zero-order valence-electron chi connectivity index (χ0n) is 25.5. The molecule has 9 nitrogen and oxygen atoms in total. The monoisotopic (exact) mass is 590 g/mol. The van der Waals surface area contributed by atoms with E-state index in [1.807, 2.05) is 53.4 Å². The van der Waals surface area contributed by atoms with Crippen molar-refractivity contribution in [2.45, 2.75) is 89.1 Å². The summed E-state index contributed by atoms with van der Waals surface area (Å²) in [5.74, 6) is 0.487. The molecule has 0 radical (unpaired) electrons. The van der Waals surface area contributed by atoms with Gasteiger partial charge in [-0.15, -0.1) is 0 Å². The number of nitrogens with zero attached hydrogens (tertiary/aromatic N) is 2. The van der Waals surface area contributed by atoms with Crippen molar-refractivity contribution in [2.24, 2.45) is 5.92 Å². The Balaban J connectivity index is 1.17. The van der Waals surface area contributed by atoms with E-state index in [-0.39, 0.29) is 23.6 Å². The maximum absolute atomic E-state index is 13.8. The highest BCUT2D eigenvalue weighted by molar-refractivity contribution is 6.00. The molecule has 3 fully saturated rings. The number of aliphatic hydroxyl groups is 1. The predicted molar refractivity (Wildman–Crippen MR) is 164 cm³/mol. The summed E-state index contributed by atoms with van der Waals surface area (Å²) >= 11 is 0. The first-order chi connectivity index (χ1) is 20.8. The van der Waals surface area contributed by atoms with Gasteiger partial charge in [0.25, 0.3) is 5.91 Å². The second-order valence-electron chi connectivity index (χ2n) is 12.4. The fourth-order valence-electron chi connectivity index (χ4n) is 6.91. The van der Waals surface area contributed by atoms with Crippen LogP contribution in [0.25, 0.3) is 0 Å². The van der Waals surface area contributed by atoms with Gasteiger partial charge in [0.1, 0.15) is 17.3 Å². The van der Waals surface area contributed by atoms with Crippen molar-refractivity contribution < 1.29 is 24.2 Å². The summed E-state index contributed by atoms with van der Waals surface area (Å²) in [6.07, 6.45) is 6.01. The van der Waals surface area contributed by atoms with Gasteiger partial charge in [0.15, 0.2) is 0 Å². The average Bonchev–Trinajstić information content (AvgIpc) is 3.58. The van der Waals surface area contributed by atoms with Crippen molar-refractivity contribution in [2.75, 3.05) is 26.7 Å². The molecular formula is C34H46N4O5. The average molecular weight is 591 g/mol. The molecule has 2 saturated heterocycles. The summed E-state index contributed by atoms with van der Waals surface area (Å²) in [5.41, 5.74) is 1.83. The van der Waals surface area contributed by atoms with E-state index < -0.39 is 17.7 Å². The molecule has 2 aromatic rings. The zero-order chi connectivity index (χ0) is 30.4. The van der Waals surface area contributed by atoms with Gasteiger partial charge >= 0.3 is 0 Å². The summed E-state index contributed by atoms with van der Waals surface area (Å²) in [5, 5.41) is 17.0. The number of nitrogens with one attached hydrogen (secondary N) is 2. The second-order valence-corrected chi connectivity index (χ2v) is 12.4. The molecule has 9 heteroatoms. The zero-order valence-corrected chi connectivity index (χ0v) is 25.5. The molecule has 3 amide bonds. The van der Waals surface area contributed by atoms with Crippen LogP contribution in [0, 0.1) is 5.92 Å². The molecule has 1 spiro atoms. The largest absolute Gasteiger partial charge is 0.497 e. The summed E-state index contributed by atoms with van der Waals surface area (Å²) in [7, 11) is 1.63. The molecule has 2 aliphatic heterocycles. The second kappa shape index (κ2) is 13.9. The number of ether oxygens (including phenoxy) is 1. The number of piperazine rings is 1. The minimum absolute atomic E-state index is 0.0733. The third-order valence-corrected chi connectivity index (χ3v) is 9.64. The summed E-state index contributed by atoms with van der Waals surface area (Å²) < 4.78 is 5.18. The van der Waals surface area contributed by atoms with Crippen LogP contribution >= 0.6 is 0 Å². The maximum atomic E-state index is 13.8. The van der Waals surface area contributed by atoms with E-state index in [9.17, 15) is 19.5 Å². The van der Waals surface area contributed by atoms with Crippen LogP contribution in [-0.2, 0) is 22.7 Å². The number of rotatable bonds is 11. The van der Waals surface area contributed by atoms with Gasteiger partial charge in [-0.05, 0) is 73.4 Å². The molecule has 2 aromatic carbocycles. The Morgan fingerprint density at radius 3 is 2.33 bits per heavy atom. The number of likely N-dealkylation sites (tertiary alicyclic amines) is 1. The summed E-state index contributed by atoms with van der Waals surface area (Å²) in [4.78, 5) is 44.2. The highest BCUT2D eigenvalue weighted by Gasteiger charge is 2.55. The molecule has 232 valence electrons. The number of hydrogen-bond acceptors (Lipinski definition) is 6. The smallest absolute Gasteiger partial charge is 0.251 e. The molecule has 43 heavy (non-hydrogen) atoms. The van der Waals surface area contributed by atoms with E-state index in [0.717, 1.165) is 55.4 Å². The molecule has 1 saturated carbocycles. The van der Waals surface area contributed by atoms with E-state index in [2.05, 4.69) is 22.5 Å². The third-order valence-electron chi connectivity index (χ3n) is 9.64. The first kappa shape index (κ1) is 31.0. The molecule has 3 aliphatic rings.